The van der Waals surface area contributed by atoms with Crippen molar-refractivity contribution in [3.05, 3.63) is 40.8 Å². The highest BCUT2D eigenvalue weighted by atomic mass is 16.5. The van der Waals surface area contributed by atoms with Crippen molar-refractivity contribution in [2.45, 2.75) is 26.8 Å². The summed E-state index contributed by atoms with van der Waals surface area (Å²) in [5, 5.41) is 6.73. The van der Waals surface area contributed by atoms with Gasteiger partial charge in [-0.2, -0.15) is 0 Å². The van der Waals surface area contributed by atoms with Crippen molar-refractivity contribution in [2.24, 2.45) is 0 Å². The van der Waals surface area contributed by atoms with E-state index >= 15 is 0 Å². The summed E-state index contributed by atoms with van der Waals surface area (Å²) < 4.78 is 15.5. The first kappa shape index (κ1) is 15.9. The van der Waals surface area contributed by atoms with Crippen molar-refractivity contribution < 1.29 is 18.8 Å². The van der Waals surface area contributed by atoms with E-state index in [9.17, 15) is 4.79 Å². The molecule has 1 N–H and O–H groups in total. The molecular weight excluding hydrogens is 284 g/mol. The Bertz CT molecular complexity index is 659. The average molecular weight is 304 g/mol. The van der Waals surface area contributed by atoms with Gasteiger partial charge in [-0.3, -0.25) is 4.79 Å². The van der Waals surface area contributed by atoms with Crippen LogP contribution in [0.3, 0.4) is 0 Å². The smallest absolute Gasteiger partial charge is 0.257 e. The summed E-state index contributed by atoms with van der Waals surface area (Å²) in [6.45, 7) is 5.36. The van der Waals surface area contributed by atoms with Crippen LogP contribution in [-0.2, 0) is 0 Å². The van der Waals surface area contributed by atoms with E-state index in [1.54, 1.807) is 28.1 Å². The predicted molar refractivity (Wildman–Crippen MR) is 81.4 cm³/mol. The molecule has 1 heterocycles. The minimum atomic E-state index is -0.210. The SMILES string of the molecule is COc1ccc([C@H](C)NC(=O)c2c(C)noc2C)cc1OC. The minimum Gasteiger partial charge on any atom is -0.493 e. The summed E-state index contributed by atoms with van der Waals surface area (Å²) in [6.07, 6.45) is 0. The molecule has 1 amide bonds. The van der Waals surface area contributed by atoms with Crippen molar-refractivity contribution in [3.8, 4) is 11.5 Å². The second kappa shape index (κ2) is 6.51. The van der Waals surface area contributed by atoms with E-state index < -0.39 is 0 Å². The van der Waals surface area contributed by atoms with E-state index in [0.717, 1.165) is 5.56 Å². The molecule has 0 aliphatic carbocycles. The van der Waals surface area contributed by atoms with Gasteiger partial charge in [0.1, 0.15) is 11.3 Å². The summed E-state index contributed by atoms with van der Waals surface area (Å²) in [6, 6.07) is 5.35. The van der Waals surface area contributed by atoms with Gasteiger partial charge in [0.15, 0.2) is 11.5 Å². The Hall–Kier alpha value is -2.50. The van der Waals surface area contributed by atoms with Crippen molar-refractivity contribution in [1.82, 2.24) is 10.5 Å². The van der Waals surface area contributed by atoms with E-state index in [4.69, 9.17) is 14.0 Å². The number of nitrogens with zero attached hydrogens (tertiary/aromatic N) is 1. The van der Waals surface area contributed by atoms with E-state index in [-0.39, 0.29) is 11.9 Å². The fraction of sp³-hybridized carbons (Fsp3) is 0.375. The zero-order valence-electron chi connectivity index (χ0n) is 13.4. The topological polar surface area (TPSA) is 73.6 Å². The van der Waals surface area contributed by atoms with Gasteiger partial charge in [-0.15, -0.1) is 0 Å². The molecule has 2 rings (SSSR count). The molecule has 118 valence electrons. The normalized spacial score (nSPS) is 11.9. The number of benzene rings is 1. The van der Waals surface area contributed by atoms with Crippen LogP contribution in [0.2, 0.25) is 0 Å². The van der Waals surface area contributed by atoms with Crippen molar-refractivity contribution in [1.29, 1.82) is 0 Å². The minimum absolute atomic E-state index is 0.194. The number of nitrogens with one attached hydrogen (secondary N) is 1. The standard InChI is InChI=1S/C16H20N2O4/c1-9(12-6-7-13(20-4)14(8-12)21-5)17-16(19)15-10(2)18-22-11(15)3/h6-9H,1-5H3,(H,17,19)/t9-/m0/s1. The van der Waals surface area contributed by atoms with Crippen LogP contribution < -0.4 is 14.8 Å². The molecule has 2 aromatic rings. The lowest BCUT2D eigenvalue weighted by molar-refractivity contribution is 0.0938. The summed E-state index contributed by atoms with van der Waals surface area (Å²) in [5.41, 5.74) is 1.97. The lowest BCUT2D eigenvalue weighted by Gasteiger charge is -2.16. The van der Waals surface area contributed by atoms with Crippen LogP contribution in [0.4, 0.5) is 0 Å². The average Bonchev–Trinajstić information content (AvgIpc) is 2.85. The molecule has 0 aliphatic rings. The number of carbonyl (C=O) groups excluding carboxylic acids is 1. The Morgan fingerprint density at radius 2 is 1.91 bits per heavy atom. The molecule has 0 spiro atoms. The molecule has 0 aliphatic heterocycles. The van der Waals surface area contributed by atoms with Crippen LogP contribution in [-0.4, -0.2) is 25.3 Å². The van der Waals surface area contributed by atoms with Crippen LogP contribution in [0.15, 0.2) is 22.7 Å². The summed E-state index contributed by atoms with van der Waals surface area (Å²) in [7, 11) is 3.16. The number of hydrogen-bond acceptors (Lipinski definition) is 5. The molecule has 0 bridgehead atoms. The van der Waals surface area contributed by atoms with Gasteiger partial charge in [-0.1, -0.05) is 11.2 Å². The van der Waals surface area contributed by atoms with Gasteiger partial charge in [0.05, 0.1) is 26.0 Å². The quantitative estimate of drug-likeness (QED) is 0.919. The molecule has 0 unspecified atom stereocenters. The van der Waals surface area contributed by atoms with Crippen molar-refractivity contribution >= 4 is 5.91 Å². The van der Waals surface area contributed by atoms with Gasteiger partial charge >= 0.3 is 0 Å². The lowest BCUT2D eigenvalue weighted by atomic mass is 10.1. The Morgan fingerprint density at radius 1 is 1.23 bits per heavy atom. The van der Waals surface area contributed by atoms with Gasteiger partial charge in [0.2, 0.25) is 0 Å². The number of amides is 1. The van der Waals surface area contributed by atoms with Crippen LogP contribution >= 0.6 is 0 Å². The second-order valence-electron chi connectivity index (χ2n) is 5.01. The maximum Gasteiger partial charge on any atom is 0.257 e. The summed E-state index contributed by atoms with van der Waals surface area (Å²) in [4.78, 5) is 12.3. The lowest BCUT2D eigenvalue weighted by Crippen LogP contribution is -2.27. The van der Waals surface area contributed by atoms with Gasteiger partial charge < -0.3 is 19.3 Å². The molecule has 22 heavy (non-hydrogen) atoms. The van der Waals surface area contributed by atoms with Crippen LogP contribution in [0, 0.1) is 13.8 Å². The molecule has 0 saturated carbocycles. The summed E-state index contributed by atoms with van der Waals surface area (Å²) >= 11 is 0. The number of carbonyl (C=O) groups is 1. The highest BCUT2D eigenvalue weighted by molar-refractivity contribution is 5.96. The number of hydrogen-bond donors (Lipinski definition) is 1. The Kier molecular flexibility index (Phi) is 4.70. The van der Waals surface area contributed by atoms with Gasteiger partial charge in [-0.25, -0.2) is 0 Å². The van der Waals surface area contributed by atoms with Crippen molar-refractivity contribution in [2.75, 3.05) is 14.2 Å². The summed E-state index contributed by atoms with van der Waals surface area (Å²) in [5.74, 6) is 1.57. The Balaban J connectivity index is 2.19. The highest BCUT2D eigenvalue weighted by Crippen LogP contribution is 2.30. The maximum atomic E-state index is 12.3. The highest BCUT2D eigenvalue weighted by Gasteiger charge is 2.20. The van der Waals surface area contributed by atoms with Gasteiger partial charge in [0.25, 0.3) is 5.91 Å². The number of aryl methyl sites for hydroxylation is 2. The first-order valence-corrected chi connectivity index (χ1v) is 6.93. The van der Waals surface area contributed by atoms with E-state index in [1.807, 2.05) is 25.1 Å². The molecule has 0 saturated heterocycles. The molecule has 1 aromatic carbocycles. The molecule has 1 atom stereocenters. The van der Waals surface area contributed by atoms with Crippen LogP contribution in [0.25, 0.3) is 0 Å². The fourth-order valence-electron chi connectivity index (χ4n) is 2.28. The zero-order chi connectivity index (χ0) is 16.3. The fourth-order valence-corrected chi connectivity index (χ4v) is 2.28. The molecule has 0 fully saturated rings. The molecule has 6 heteroatoms. The predicted octanol–water partition coefficient (Wildman–Crippen LogP) is 2.80. The monoisotopic (exact) mass is 304 g/mol. The number of methoxy groups -OCH3 is 2. The van der Waals surface area contributed by atoms with Gasteiger partial charge in [0, 0.05) is 0 Å². The third-order valence-corrected chi connectivity index (χ3v) is 3.52. The van der Waals surface area contributed by atoms with Crippen LogP contribution in [0.1, 0.15) is 40.3 Å². The number of aromatic nitrogens is 1. The number of rotatable bonds is 5. The van der Waals surface area contributed by atoms with E-state index in [1.165, 1.54) is 0 Å². The van der Waals surface area contributed by atoms with Crippen LogP contribution in [0.5, 0.6) is 11.5 Å². The van der Waals surface area contributed by atoms with Crippen molar-refractivity contribution in [3.63, 3.8) is 0 Å². The third kappa shape index (κ3) is 3.05. The second-order valence-corrected chi connectivity index (χ2v) is 5.01. The maximum absolute atomic E-state index is 12.3. The zero-order valence-corrected chi connectivity index (χ0v) is 13.4. The molecule has 0 radical (unpaired) electrons. The third-order valence-electron chi connectivity index (χ3n) is 3.52. The molecule has 6 nitrogen and oxygen atoms in total. The van der Waals surface area contributed by atoms with Gasteiger partial charge in [-0.05, 0) is 38.5 Å². The molecule has 1 aromatic heterocycles. The van der Waals surface area contributed by atoms with E-state index in [2.05, 4.69) is 10.5 Å². The molecular formula is C16H20N2O4. The largest absolute Gasteiger partial charge is 0.493 e. The number of ether oxygens (including phenoxy) is 2. The first-order valence-electron chi connectivity index (χ1n) is 6.93. The first-order chi connectivity index (χ1) is 10.5. The van der Waals surface area contributed by atoms with E-state index in [0.29, 0.717) is 28.5 Å². The Labute approximate surface area is 129 Å². The Morgan fingerprint density at radius 3 is 2.45 bits per heavy atom.